The van der Waals surface area contributed by atoms with Crippen LogP contribution in [0.15, 0.2) is 0 Å². The molecule has 0 spiro atoms. The normalized spacial score (nSPS) is 6.70. The first-order chi connectivity index (χ1) is 4.15. The summed E-state index contributed by atoms with van der Waals surface area (Å²) < 4.78 is 4.83. The van der Waals surface area contributed by atoms with Crippen LogP contribution in [0.2, 0.25) is 0 Å². The van der Waals surface area contributed by atoms with E-state index in [9.17, 15) is 0 Å². The van der Waals surface area contributed by atoms with E-state index < -0.39 is 5.97 Å². The Bertz CT molecular complexity index is 60.0. The molecule has 0 aromatic carbocycles. The second-order valence-electron chi connectivity index (χ2n) is 1.27. The third kappa shape index (κ3) is 78.8. The number of carboxylic acids is 1. The van der Waals surface area contributed by atoms with Gasteiger partial charge in [0.25, 0.3) is 0 Å². The predicted octanol–water partition coefficient (Wildman–Crippen LogP) is -3.20. The maximum atomic E-state index is 8.89. The Kier molecular flexibility index (Phi) is 27.2. The number of carbonyl (C=O) groups is 1. The fourth-order valence-corrected chi connectivity index (χ4v) is 0.204. The van der Waals surface area contributed by atoms with Gasteiger partial charge >= 0.3 is 29.6 Å². The van der Waals surface area contributed by atoms with E-state index >= 15 is 0 Å². The molecule has 0 N–H and O–H groups in total. The van der Waals surface area contributed by atoms with Gasteiger partial charge in [-0.15, -0.1) is 0 Å². The summed E-state index contributed by atoms with van der Waals surface area (Å²) in [5, 5.41) is 8.89. The van der Waals surface area contributed by atoms with E-state index in [1.165, 1.54) is 0 Å². The van der Waals surface area contributed by atoms with Crippen molar-refractivity contribution >= 4 is 5.97 Å². The van der Waals surface area contributed by atoms with Crippen LogP contribution < -0.4 is 34.7 Å². The molecule has 0 heterocycles. The number of hydrogen-bond acceptors (Lipinski definition) is 3. The second kappa shape index (κ2) is 16.2. The molecule has 0 aromatic heterocycles. The molecule has 0 unspecified atom stereocenters. The Balaban J connectivity index is -0.0000000910. The van der Waals surface area contributed by atoms with Crippen LogP contribution in [0.5, 0.6) is 0 Å². The van der Waals surface area contributed by atoms with Crippen LogP contribution in [0.4, 0.5) is 0 Å². The molecule has 0 radical (unpaired) electrons. The van der Waals surface area contributed by atoms with Gasteiger partial charge in [-0.1, -0.05) is 0 Å². The van der Waals surface area contributed by atoms with Gasteiger partial charge in [-0.3, -0.25) is 0 Å². The van der Waals surface area contributed by atoms with Gasteiger partial charge in [0.2, 0.25) is 0 Å². The molecular formula is C6H13NaO3. The molecule has 56 valence electrons. The minimum absolute atomic E-state index is 0. The molecular weight excluding hydrogens is 143 g/mol. The van der Waals surface area contributed by atoms with E-state index in [2.05, 4.69) is 0 Å². The fourth-order valence-electron chi connectivity index (χ4n) is 0.204. The molecule has 0 aliphatic rings. The molecule has 0 saturated carbocycles. The number of rotatable bonds is 2. The van der Waals surface area contributed by atoms with Crippen LogP contribution in [0.3, 0.4) is 0 Å². The Morgan fingerprint density at radius 3 is 1.60 bits per heavy atom. The molecule has 0 rings (SSSR count). The smallest absolute Gasteiger partial charge is 0.550 e. The SMILES string of the molecule is CC(=O)[O-].CCOCC.[Na+]. The quantitative estimate of drug-likeness (QED) is 0.396. The second-order valence-corrected chi connectivity index (χ2v) is 1.27. The van der Waals surface area contributed by atoms with Crippen molar-refractivity contribution in [3.8, 4) is 0 Å². The van der Waals surface area contributed by atoms with E-state index in [1.807, 2.05) is 13.8 Å². The summed E-state index contributed by atoms with van der Waals surface area (Å²) in [6, 6.07) is 0. The van der Waals surface area contributed by atoms with Gasteiger partial charge < -0.3 is 14.6 Å². The predicted molar refractivity (Wildman–Crippen MR) is 32.8 cm³/mol. The summed E-state index contributed by atoms with van der Waals surface area (Å²) in [6.45, 7) is 6.64. The van der Waals surface area contributed by atoms with Crippen LogP contribution >= 0.6 is 0 Å². The van der Waals surface area contributed by atoms with E-state index in [1.54, 1.807) is 0 Å². The average Bonchev–Trinajstić information content (AvgIpc) is 1.66. The van der Waals surface area contributed by atoms with E-state index in [4.69, 9.17) is 14.6 Å². The first-order valence-corrected chi connectivity index (χ1v) is 2.90. The summed E-state index contributed by atoms with van der Waals surface area (Å²) in [6.07, 6.45) is 0. The zero-order valence-corrected chi connectivity index (χ0v) is 9.14. The summed E-state index contributed by atoms with van der Waals surface area (Å²) in [5.74, 6) is -1.08. The Morgan fingerprint density at radius 2 is 1.60 bits per heavy atom. The third-order valence-electron chi connectivity index (χ3n) is 0.408. The van der Waals surface area contributed by atoms with Gasteiger partial charge in [0.15, 0.2) is 0 Å². The Morgan fingerprint density at radius 1 is 1.40 bits per heavy atom. The standard InChI is InChI=1S/C4H10O.C2H4O2.Na/c1-3-5-4-2;1-2(3)4;/h3-4H2,1-2H3;1H3,(H,3,4);/q;;+1/p-1. The van der Waals surface area contributed by atoms with E-state index in [0.29, 0.717) is 0 Å². The molecule has 10 heavy (non-hydrogen) atoms. The minimum atomic E-state index is -1.08. The maximum Gasteiger partial charge on any atom is 1.00 e. The first kappa shape index (κ1) is 16.8. The molecule has 4 heteroatoms. The zero-order valence-electron chi connectivity index (χ0n) is 7.14. The summed E-state index contributed by atoms with van der Waals surface area (Å²) >= 11 is 0. The number of ether oxygens (including phenoxy) is 1. The number of hydrogen-bond donors (Lipinski definition) is 0. The van der Waals surface area contributed by atoms with Crippen molar-refractivity contribution in [1.82, 2.24) is 0 Å². The average molecular weight is 156 g/mol. The molecule has 0 fully saturated rings. The summed E-state index contributed by atoms with van der Waals surface area (Å²) in [4.78, 5) is 8.89. The number of aliphatic carboxylic acids is 1. The van der Waals surface area contributed by atoms with Crippen molar-refractivity contribution in [1.29, 1.82) is 0 Å². The molecule has 3 nitrogen and oxygen atoms in total. The van der Waals surface area contributed by atoms with Gasteiger partial charge in [-0.05, 0) is 20.8 Å². The van der Waals surface area contributed by atoms with Gasteiger partial charge in [0.1, 0.15) is 0 Å². The molecule has 0 saturated heterocycles. The van der Waals surface area contributed by atoms with Gasteiger partial charge in [0, 0.05) is 19.2 Å². The van der Waals surface area contributed by atoms with Crippen LogP contribution in [0.25, 0.3) is 0 Å². The summed E-state index contributed by atoms with van der Waals surface area (Å²) in [7, 11) is 0. The van der Waals surface area contributed by atoms with Gasteiger partial charge in [-0.2, -0.15) is 0 Å². The molecule has 0 aliphatic carbocycles. The largest absolute Gasteiger partial charge is 1.00 e. The summed E-state index contributed by atoms with van der Waals surface area (Å²) in [5.41, 5.74) is 0. The Hall–Kier alpha value is 0.430. The third-order valence-corrected chi connectivity index (χ3v) is 0.408. The van der Waals surface area contributed by atoms with Crippen molar-refractivity contribution in [2.75, 3.05) is 13.2 Å². The number of carbonyl (C=O) groups excluding carboxylic acids is 1. The topological polar surface area (TPSA) is 49.4 Å². The van der Waals surface area contributed by atoms with Crippen molar-refractivity contribution < 1.29 is 44.2 Å². The van der Waals surface area contributed by atoms with Crippen molar-refractivity contribution in [2.45, 2.75) is 20.8 Å². The first-order valence-electron chi connectivity index (χ1n) is 2.90. The molecule has 0 aliphatic heterocycles. The number of carboxylic acid groups (broad SMARTS) is 1. The van der Waals surface area contributed by atoms with E-state index in [-0.39, 0.29) is 29.6 Å². The zero-order chi connectivity index (χ0) is 7.70. The molecule has 0 amide bonds. The van der Waals surface area contributed by atoms with Crippen molar-refractivity contribution in [3.05, 3.63) is 0 Å². The van der Waals surface area contributed by atoms with E-state index in [0.717, 1.165) is 20.1 Å². The van der Waals surface area contributed by atoms with Crippen molar-refractivity contribution in [2.24, 2.45) is 0 Å². The van der Waals surface area contributed by atoms with Gasteiger partial charge in [-0.25, -0.2) is 0 Å². The Labute approximate surface area is 84.1 Å². The van der Waals surface area contributed by atoms with Crippen LogP contribution in [0, 0.1) is 0 Å². The van der Waals surface area contributed by atoms with Crippen LogP contribution in [-0.4, -0.2) is 19.2 Å². The minimum Gasteiger partial charge on any atom is -0.550 e. The van der Waals surface area contributed by atoms with Crippen LogP contribution in [0.1, 0.15) is 20.8 Å². The van der Waals surface area contributed by atoms with Gasteiger partial charge in [0.05, 0.1) is 0 Å². The molecule has 0 bridgehead atoms. The van der Waals surface area contributed by atoms with Crippen molar-refractivity contribution in [3.63, 3.8) is 0 Å². The molecule has 0 atom stereocenters. The molecule has 0 aromatic rings. The van der Waals surface area contributed by atoms with Crippen LogP contribution in [-0.2, 0) is 9.53 Å². The fraction of sp³-hybridized carbons (Fsp3) is 0.833. The maximum absolute atomic E-state index is 8.89. The monoisotopic (exact) mass is 156 g/mol.